The molecule has 0 radical (unpaired) electrons. The zero-order valence-electron chi connectivity index (χ0n) is 13.8. The largest absolute Gasteiger partial charge is 0.354 e. The Hall–Kier alpha value is -1.36. The zero-order valence-corrected chi connectivity index (χ0v) is 13.8. The van der Waals surface area contributed by atoms with Gasteiger partial charge in [0.25, 0.3) is 0 Å². The molecule has 0 aromatic carbocycles. The van der Waals surface area contributed by atoms with E-state index in [9.17, 15) is 0 Å². The van der Waals surface area contributed by atoms with Crippen LogP contribution in [0.3, 0.4) is 0 Å². The predicted octanol–water partition coefficient (Wildman–Crippen LogP) is 1.87. The Kier molecular flexibility index (Phi) is 3.48. The third-order valence-corrected chi connectivity index (χ3v) is 5.68. The molecule has 5 heteroatoms. The molecular weight excluding hydrogens is 274 g/mol. The van der Waals surface area contributed by atoms with E-state index in [1.54, 1.807) is 0 Å². The highest BCUT2D eigenvalue weighted by molar-refractivity contribution is 5.54. The molecule has 0 bridgehead atoms. The van der Waals surface area contributed by atoms with Gasteiger partial charge in [0.15, 0.2) is 0 Å². The van der Waals surface area contributed by atoms with Crippen LogP contribution >= 0.6 is 0 Å². The number of aryl methyl sites for hydroxylation is 1. The zero-order chi connectivity index (χ0) is 15.3. The van der Waals surface area contributed by atoms with Crippen LogP contribution < -0.4 is 15.5 Å². The van der Waals surface area contributed by atoms with Gasteiger partial charge in [-0.2, -0.15) is 4.98 Å². The molecule has 3 heterocycles. The first-order valence-electron chi connectivity index (χ1n) is 8.74. The van der Waals surface area contributed by atoms with Gasteiger partial charge in [-0.3, -0.25) is 0 Å². The number of hydrogen-bond donors (Lipinski definition) is 1. The van der Waals surface area contributed by atoms with Crippen LogP contribution in [0.15, 0.2) is 0 Å². The molecule has 2 N–H and O–H groups in total. The van der Waals surface area contributed by atoms with Crippen molar-refractivity contribution in [2.24, 2.45) is 17.6 Å². The van der Waals surface area contributed by atoms with Crippen LogP contribution in [0.25, 0.3) is 0 Å². The lowest BCUT2D eigenvalue weighted by Gasteiger charge is -2.24. The van der Waals surface area contributed by atoms with E-state index in [1.165, 1.54) is 31.2 Å². The van der Waals surface area contributed by atoms with Crippen molar-refractivity contribution in [2.45, 2.75) is 45.6 Å². The molecule has 2 atom stereocenters. The molecule has 0 amide bonds. The maximum atomic E-state index is 6.40. The van der Waals surface area contributed by atoms with Crippen molar-refractivity contribution in [3.8, 4) is 0 Å². The number of hydrogen-bond acceptors (Lipinski definition) is 5. The van der Waals surface area contributed by atoms with E-state index in [2.05, 4.69) is 23.6 Å². The van der Waals surface area contributed by atoms with Crippen LogP contribution in [0.2, 0.25) is 0 Å². The van der Waals surface area contributed by atoms with Crippen molar-refractivity contribution in [3.63, 3.8) is 0 Å². The molecule has 0 spiro atoms. The second-order valence-corrected chi connectivity index (χ2v) is 7.32. The number of nitrogens with two attached hydrogens (primary N) is 1. The first-order chi connectivity index (χ1) is 10.6. The summed E-state index contributed by atoms with van der Waals surface area (Å²) in [7, 11) is 0. The number of rotatable bonds is 3. The standard InChI is InChI=1S/C17H27N5/c1-11-12(2)19-17(21-7-3-4-8-21)20-16(11)22-9-14(13-5-6-13)15(18)10-22/h13-15H,3-10,18H2,1-2H3/t14-,15+/m1/s1. The lowest BCUT2D eigenvalue weighted by atomic mass is 9.99. The van der Waals surface area contributed by atoms with Crippen LogP contribution in [0.1, 0.15) is 36.9 Å². The molecule has 1 aromatic heterocycles. The summed E-state index contributed by atoms with van der Waals surface area (Å²) in [4.78, 5) is 14.4. The van der Waals surface area contributed by atoms with Crippen LogP contribution in [0.4, 0.5) is 11.8 Å². The van der Waals surface area contributed by atoms with Gasteiger partial charge in [0.05, 0.1) is 0 Å². The van der Waals surface area contributed by atoms with Crippen LogP contribution in [-0.4, -0.2) is 42.2 Å². The van der Waals surface area contributed by atoms with E-state index in [0.717, 1.165) is 49.6 Å². The summed E-state index contributed by atoms with van der Waals surface area (Å²) >= 11 is 0. The highest BCUT2D eigenvalue weighted by Gasteiger charge is 2.41. The minimum absolute atomic E-state index is 0.303. The van der Waals surface area contributed by atoms with Crippen LogP contribution in [0, 0.1) is 25.7 Å². The predicted molar refractivity (Wildman–Crippen MR) is 89.4 cm³/mol. The van der Waals surface area contributed by atoms with Gasteiger partial charge in [-0.1, -0.05) is 0 Å². The summed E-state index contributed by atoms with van der Waals surface area (Å²) in [5.41, 5.74) is 8.72. The van der Waals surface area contributed by atoms with Gasteiger partial charge in [-0.05, 0) is 51.4 Å². The van der Waals surface area contributed by atoms with Crippen LogP contribution in [-0.2, 0) is 0 Å². The maximum Gasteiger partial charge on any atom is 0.227 e. The summed E-state index contributed by atoms with van der Waals surface area (Å²) in [6.07, 6.45) is 5.24. The molecule has 2 aliphatic heterocycles. The average Bonchev–Trinajstić information content (AvgIpc) is 3.04. The molecule has 4 rings (SSSR count). The maximum absolute atomic E-state index is 6.40. The fourth-order valence-electron chi connectivity index (χ4n) is 4.02. The van der Waals surface area contributed by atoms with E-state index in [0.29, 0.717) is 12.0 Å². The molecule has 2 saturated heterocycles. The average molecular weight is 301 g/mol. The fraction of sp³-hybridized carbons (Fsp3) is 0.765. The Morgan fingerprint density at radius 3 is 2.41 bits per heavy atom. The SMILES string of the molecule is Cc1nc(N2CCCC2)nc(N2C[C@H](C3CC3)[C@@H](N)C2)c1C. The molecule has 1 aliphatic carbocycles. The van der Waals surface area contributed by atoms with Crippen molar-refractivity contribution in [1.82, 2.24) is 9.97 Å². The monoisotopic (exact) mass is 301 g/mol. The molecule has 3 fully saturated rings. The summed E-state index contributed by atoms with van der Waals surface area (Å²) in [6, 6.07) is 0.303. The number of aromatic nitrogens is 2. The summed E-state index contributed by atoms with van der Waals surface area (Å²) in [6.45, 7) is 8.45. The Bertz CT molecular complexity index is 562. The Labute approximate surface area is 132 Å². The van der Waals surface area contributed by atoms with E-state index in [1.807, 2.05) is 0 Å². The molecule has 5 nitrogen and oxygen atoms in total. The van der Waals surface area contributed by atoms with E-state index in [-0.39, 0.29) is 0 Å². The Morgan fingerprint density at radius 2 is 1.73 bits per heavy atom. The van der Waals surface area contributed by atoms with Gasteiger partial charge in [0, 0.05) is 43.5 Å². The molecule has 1 aromatic rings. The summed E-state index contributed by atoms with van der Waals surface area (Å²) in [5, 5.41) is 0. The summed E-state index contributed by atoms with van der Waals surface area (Å²) < 4.78 is 0. The van der Waals surface area contributed by atoms with Gasteiger partial charge in [0.2, 0.25) is 5.95 Å². The number of nitrogens with zero attached hydrogens (tertiary/aromatic N) is 4. The lowest BCUT2D eigenvalue weighted by molar-refractivity contribution is 0.456. The van der Waals surface area contributed by atoms with Crippen LogP contribution in [0.5, 0.6) is 0 Å². The van der Waals surface area contributed by atoms with E-state index >= 15 is 0 Å². The van der Waals surface area contributed by atoms with Gasteiger partial charge in [0.1, 0.15) is 5.82 Å². The topological polar surface area (TPSA) is 58.3 Å². The van der Waals surface area contributed by atoms with Crippen molar-refractivity contribution in [1.29, 1.82) is 0 Å². The second-order valence-electron chi connectivity index (χ2n) is 7.32. The van der Waals surface area contributed by atoms with Gasteiger partial charge >= 0.3 is 0 Å². The summed E-state index contributed by atoms with van der Waals surface area (Å²) in [5.74, 6) is 3.55. The lowest BCUT2D eigenvalue weighted by Crippen LogP contribution is -2.31. The minimum atomic E-state index is 0.303. The van der Waals surface area contributed by atoms with E-state index < -0.39 is 0 Å². The van der Waals surface area contributed by atoms with Gasteiger partial charge in [-0.15, -0.1) is 0 Å². The molecular formula is C17H27N5. The van der Waals surface area contributed by atoms with E-state index in [4.69, 9.17) is 15.7 Å². The smallest absolute Gasteiger partial charge is 0.227 e. The van der Waals surface area contributed by atoms with Crippen molar-refractivity contribution in [2.75, 3.05) is 36.0 Å². The van der Waals surface area contributed by atoms with Gasteiger partial charge < -0.3 is 15.5 Å². The van der Waals surface area contributed by atoms with Gasteiger partial charge in [-0.25, -0.2) is 4.98 Å². The molecule has 3 aliphatic rings. The van der Waals surface area contributed by atoms with Crippen molar-refractivity contribution in [3.05, 3.63) is 11.3 Å². The molecule has 120 valence electrons. The first-order valence-corrected chi connectivity index (χ1v) is 8.74. The molecule has 1 saturated carbocycles. The second kappa shape index (κ2) is 5.37. The Morgan fingerprint density at radius 1 is 1.00 bits per heavy atom. The molecule has 0 unspecified atom stereocenters. The van der Waals surface area contributed by atoms with Crippen molar-refractivity contribution < 1.29 is 0 Å². The third kappa shape index (κ3) is 2.45. The Balaban J connectivity index is 1.62. The normalized spacial score (nSPS) is 28.7. The van der Waals surface area contributed by atoms with Crippen molar-refractivity contribution >= 4 is 11.8 Å². The highest BCUT2D eigenvalue weighted by atomic mass is 15.3. The first kappa shape index (κ1) is 14.2. The highest BCUT2D eigenvalue weighted by Crippen LogP contribution is 2.42. The minimum Gasteiger partial charge on any atom is -0.354 e. The molecule has 22 heavy (non-hydrogen) atoms. The third-order valence-electron chi connectivity index (χ3n) is 5.68. The fourth-order valence-corrected chi connectivity index (χ4v) is 4.02. The number of anilines is 2. The quantitative estimate of drug-likeness (QED) is 0.923.